The molecule has 0 radical (unpaired) electrons. The molecule has 1 heterocycles. The van der Waals surface area contributed by atoms with E-state index < -0.39 is 11.8 Å². The van der Waals surface area contributed by atoms with Gasteiger partial charge in [0.05, 0.1) is 18.7 Å². The van der Waals surface area contributed by atoms with Gasteiger partial charge in [0.15, 0.2) is 28.1 Å². The van der Waals surface area contributed by atoms with Crippen molar-refractivity contribution in [2.75, 3.05) is 13.7 Å². The lowest BCUT2D eigenvalue weighted by atomic mass is 10.1. The summed E-state index contributed by atoms with van der Waals surface area (Å²) in [6.07, 6.45) is 1.40. The van der Waals surface area contributed by atoms with Crippen LogP contribution in [0.5, 0.6) is 23.0 Å². The van der Waals surface area contributed by atoms with E-state index in [0.29, 0.717) is 41.8 Å². The topological polar surface area (TPSA) is 95.1 Å². The highest BCUT2D eigenvalue weighted by Gasteiger charge is 2.26. The number of thiocarbonyl (C=S) groups is 1. The van der Waals surface area contributed by atoms with Crippen LogP contribution in [-0.4, -0.2) is 30.6 Å². The molecular weight excluding hydrogens is 528 g/mol. The molecule has 38 heavy (non-hydrogen) atoms. The Kier molecular flexibility index (Phi) is 8.83. The molecule has 2 amide bonds. The number of nitrogens with one attached hydrogen (secondary N) is 2. The summed E-state index contributed by atoms with van der Waals surface area (Å²) in [6, 6.07) is 18.6. The minimum absolute atomic E-state index is 0.0419. The number of carbonyl (C=O) groups is 2. The first-order valence-corrected chi connectivity index (χ1v) is 12.5. The van der Waals surface area contributed by atoms with E-state index in [2.05, 4.69) is 10.6 Å². The molecule has 2 N–H and O–H groups in total. The van der Waals surface area contributed by atoms with Crippen molar-refractivity contribution in [1.82, 2.24) is 10.6 Å². The van der Waals surface area contributed by atoms with Crippen molar-refractivity contribution >= 4 is 46.8 Å². The minimum atomic E-state index is -0.601. The number of ether oxygens (including phenoxy) is 4. The number of carbonyl (C=O) groups excluding carboxylic acids is 2. The molecule has 0 bridgehead atoms. The summed E-state index contributed by atoms with van der Waals surface area (Å²) in [4.78, 5) is 24.3. The maximum absolute atomic E-state index is 12.2. The molecule has 1 saturated heterocycles. The summed E-state index contributed by atoms with van der Waals surface area (Å²) >= 11 is 11.3. The lowest BCUT2D eigenvalue weighted by Gasteiger charge is -2.17. The van der Waals surface area contributed by atoms with Gasteiger partial charge in [-0.2, -0.15) is 0 Å². The second-order valence-electron chi connectivity index (χ2n) is 8.11. The third kappa shape index (κ3) is 6.62. The fourth-order valence-electron chi connectivity index (χ4n) is 3.66. The molecule has 0 spiro atoms. The number of amides is 2. The zero-order valence-electron chi connectivity index (χ0n) is 20.7. The molecule has 0 aromatic heterocycles. The molecule has 1 aliphatic heterocycles. The summed E-state index contributed by atoms with van der Waals surface area (Å²) < 4.78 is 23.2. The van der Waals surface area contributed by atoms with Gasteiger partial charge in [0.2, 0.25) is 0 Å². The lowest BCUT2D eigenvalue weighted by Crippen LogP contribution is -2.51. The van der Waals surface area contributed by atoms with Crippen LogP contribution in [0.3, 0.4) is 0 Å². The van der Waals surface area contributed by atoms with Gasteiger partial charge in [0.1, 0.15) is 18.8 Å². The summed E-state index contributed by atoms with van der Waals surface area (Å²) in [5.74, 6) is 0.685. The highest BCUT2D eigenvalue weighted by Crippen LogP contribution is 2.38. The Balaban J connectivity index is 1.50. The predicted molar refractivity (Wildman–Crippen MR) is 148 cm³/mol. The zero-order chi connectivity index (χ0) is 27.1. The van der Waals surface area contributed by atoms with Gasteiger partial charge in [-0.3, -0.25) is 20.2 Å². The number of rotatable bonds is 10. The summed E-state index contributed by atoms with van der Waals surface area (Å²) in [6.45, 7) is 2.98. The molecule has 0 atom stereocenters. The normalized spacial score (nSPS) is 12.9. The molecule has 0 saturated carbocycles. The molecule has 10 heteroatoms. The fourth-order valence-corrected chi connectivity index (χ4v) is 4.12. The highest BCUT2D eigenvalue weighted by atomic mass is 35.5. The monoisotopic (exact) mass is 552 g/mol. The smallest absolute Gasteiger partial charge is 0.263 e. The first-order valence-electron chi connectivity index (χ1n) is 11.7. The van der Waals surface area contributed by atoms with Crippen molar-refractivity contribution in [3.05, 3.63) is 87.9 Å². The van der Waals surface area contributed by atoms with Crippen molar-refractivity contribution in [3.8, 4) is 23.0 Å². The second kappa shape index (κ2) is 12.4. The quantitative estimate of drug-likeness (QED) is 0.211. The number of methoxy groups -OCH3 is 1. The maximum Gasteiger partial charge on any atom is 0.263 e. The van der Waals surface area contributed by atoms with Gasteiger partial charge in [0, 0.05) is 0 Å². The van der Waals surface area contributed by atoms with Gasteiger partial charge in [-0.1, -0.05) is 48.0 Å². The first kappa shape index (κ1) is 27.0. The van der Waals surface area contributed by atoms with Crippen LogP contribution in [0.2, 0.25) is 5.02 Å². The van der Waals surface area contributed by atoms with Gasteiger partial charge in [0.25, 0.3) is 11.8 Å². The molecular formula is C28H25ClN2O6S. The van der Waals surface area contributed by atoms with Crippen molar-refractivity contribution in [2.24, 2.45) is 0 Å². The summed E-state index contributed by atoms with van der Waals surface area (Å²) in [5.41, 5.74) is 2.25. The Morgan fingerprint density at radius 2 is 1.55 bits per heavy atom. The van der Waals surface area contributed by atoms with E-state index in [1.165, 1.54) is 13.2 Å². The molecule has 1 fully saturated rings. The Bertz CT molecular complexity index is 1370. The number of benzene rings is 3. The van der Waals surface area contributed by atoms with E-state index in [0.717, 1.165) is 11.1 Å². The van der Waals surface area contributed by atoms with Crippen LogP contribution in [0.25, 0.3) is 6.08 Å². The zero-order valence-corrected chi connectivity index (χ0v) is 22.3. The Hall–Kier alpha value is -4.08. The summed E-state index contributed by atoms with van der Waals surface area (Å²) in [7, 11) is 1.47. The third-order valence-corrected chi connectivity index (χ3v) is 5.92. The largest absolute Gasteiger partial charge is 0.493 e. The molecule has 4 rings (SSSR count). The van der Waals surface area contributed by atoms with E-state index in [9.17, 15) is 9.59 Å². The highest BCUT2D eigenvalue weighted by molar-refractivity contribution is 7.80. The van der Waals surface area contributed by atoms with E-state index in [-0.39, 0.29) is 22.3 Å². The maximum atomic E-state index is 12.2. The molecule has 1 aliphatic rings. The molecule has 196 valence electrons. The molecule has 3 aromatic rings. The summed E-state index contributed by atoms with van der Waals surface area (Å²) in [5, 5.41) is 4.99. The van der Waals surface area contributed by atoms with E-state index in [1.54, 1.807) is 12.1 Å². The van der Waals surface area contributed by atoms with E-state index in [4.69, 9.17) is 42.8 Å². The van der Waals surface area contributed by atoms with Crippen molar-refractivity contribution < 1.29 is 28.5 Å². The standard InChI is InChI=1S/C28H25ClN2O6S/c1-3-35-23-13-18(9-10-22(23)36-15-17-7-5-4-6-8-17)16-37-25-21(29)12-19(14-24(25)34-2)11-20-26(32)30-28(38)31-27(20)33/h4-14H,3,15-16H2,1-2H3,(H2,30,31,32,33,38). The van der Waals surface area contributed by atoms with Crippen LogP contribution in [0.15, 0.2) is 66.2 Å². The number of halogens is 1. The van der Waals surface area contributed by atoms with E-state index >= 15 is 0 Å². The SMILES string of the molecule is CCOc1cc(COc2c(Cl)cc(C=C3C(=O)NC(=S)NC3=O)cc2OC)ccc1OCc1ccccc1. The Morgan fingerprint density at radius 3 is 2.24 bits per heavy atom. The lowest BCUT2D eigenvalue weighted by molar-refractivity contribution is -0.123. The third-order valence-electron chi connectivity index (χ3n) is 5.43. The van der Waals surface area contributed by atoms with Gasteiger partial charge in [-0.15, -0.1) is 0 Å². The molecule has 0 aliphatic carbocycles. The van der Waals surface area contributed by atoms with Crippen LogP contribution >= 0.6 is 23.8 Å². The fraction of sp³-hybridized carbons (Fsp3) is 0.179. The molecule has 0 unspecified atom stereocenters. The van der Waals surface area contributed by atoms with Crippen LogP contribution in [0.1, 0.15) is 23.6 Å². The molecule has 8 nitrogen and oxygen atoms in total. The average Bonchev–Trinajstić information content (AvgIpc) is 2.90. The number of hydrogen-bond donors (Lipinski definition) is 2. The van der Waals surface area contributed by atoms with Crippen LogP contribution in [0, 0.1) is 0 Å². The van der Waals surface area contributed by atoms with Crippen LogP contribution < -0.4 is 29.6 Å². The van der Waals surface area contributed by atoms with Crippen molar-refractivity contribution in [1.29, 1.82) is 0 Å². The second-order valence-corrected chi connectivity index (χ2v) is 8.92. The molecule has 3 aromatic carbocycles. The van der Waals surface area contributed by atoms with Gasteiger partial charge < -0.3 is 18.9 Å². The predicted octanol–water partition coefficient (Wildman–Crippen LogP) is 4.82. The van der Waals surface area contributed by atoms with Crippen molar-refractivity contribution in [3.63, 3.8) is 0 Å². The first-order chi connectivity index (χ1) is 18.4. The minimum Gasteiger partial charge on any atom is -0.493 e. The van der Waals surface area contributed by atoms with Crippen LogP contribution in [-0.2, 0) is 22.8 Å². The van der Waals surface area contributed by atoms with E-state index in [1.807, 2.05) is 55.5 Å². The van der Waals surface area contributed by atoms with Gasteiger partial charge >= 0.3 is 0 Å². The van der Waals surface area contributed by atoms with Crippen molar-refractivity contribution in [2.45, 2.75) is 20.1 Å². The average molecular weight is 553 g/mol. The van der Waals surface area contributed by atoms with Gasteiger partial charge in [-0.05, 0) is 66.2 Å². The van der Waals surface area contributed by atoms with Gasteiger partial charge in [-0.25, -0.2) is 0 Å². The Labute approximate surface area is 230 Å². The Morgan fingerprint density at radius 1 is 0.842 bits per heavy atom. The number of hydrogen-bond acceptors (Lipinski definition) is 7. The van der Waals surface area contributed by atoms with Crippen LogP contribution in [0.4, 0.5) is 0 Å².